The molecule has 0 fully saturated rings. The molecule has 0 saturated carbocycles. The van der Waals surface area contributed by atoms with E-state index in [1.54, 1.807) is 19.1 Å². The molecule has 2 N–H and O–H groups in total. The minimum atomic E-state index is 0.102. The fourth-order valence-electron chi connectivity index (χ4n) is 2.76. The van der Waals surface area contributed by atoms with Crippen LogP contribution >= 0.6 is 0 Å². The van der Waals surface area contributed by atoms with E-state index < -0.39 is 0 Å². The monoisotopic (exact) mass is 382 g/mol. The fraction of sp³-hybridized carbons (Fsp3) is 0.364. The molecule has 0 heterocycles. The normalized spacial score (nSPS) is 11.0. The Morgan fingerprint density at radius 3 is 2.32 bits per heavy atom. The number of amides is 1. The molecule has 0 radical (unpaired) electrons. The number of carbonyl (C=O) groups is 1. The summed E-state index contributed by atoms with van der Waals surface area (Å²) in [6.07, 6.45) is 1.30. The Balaban J connectivity index is 1.66. The number of ether oxygens (including phenoxy) is 1. The Hall–Kier alpha value is -3.02. The third kappa shape index (κ3) is 7.31. The number of carbonyl (C=O) groups excluding carboxylic acids is 1. The predicted molar refractivity (Wildman–Crippen MR) is 114 cm³/mol. The second kappa shape index (κ2) is 11.6. The molecule has 150 valence electrons. The molecule has 2 rings (SSSR count). The molecule has 0 atom stereocenters. The average molecular weight is 383 g/mol. The van der Waals surface area contributed by atoms with Crippen molar-refractivity contribution in [2.45, 2.75) is 19.4 Å². The molecule has 0 saturated heterocycles. The van der Waals surface area contributed by atoms with Crippen molar-refractivity contribution in [1.29, 1.82) is 0 Å². The van der Waals surface area contributed by atoms with E-state index in [-0.39, 0.29) is 5.91 Å². The summed E-state index contributed by atoms with van der Waals surface area (Å²) >= 11 is 0. The van der Waals surface area contributed by atoms with Crippen LogP contribution in [0.15, 0.2) is 59.6 Å². The Kier molecular flexibility index (Phi) is 8.85. The van der Waals surface area contributed by atoms with E-state index in [0.29, 0.717) is 25.5 Å². The van der Waals surface area contributed by atoms with E-state index in [4.69, 9.17) is 4.74 Å². The van der Waals surface area contributed by atoms with Crippen LogP contribution in [0.5, 0.6) is 5.75 Å². The molecule has 1 amide bonds. The third-order valence-corrected chi connectivity index (χ3v) is 4.41. The maximum atomic E-state index is 12.3. The highest BCUT2D eigenvalue weighted by atomic mass is 16.5. The smallest absolute Gasteiger partial charge is 0.224 e. The molecule has 2 aromatic carbocycles. The van der Waals surface area contributed by atoms with E-state index in [0.717, 1.165) is 24.3 Å². The predicted octanol–water partition coefficient (Wildman–Crippen LogP) is 2.45. The van der Waals surface area contributed by atoms with Crippen molar-refractivity contribution in [1.82, 2.24) is 15.5 Å². The van der Waals surface area contributed by atoms with Crippen LogP contribution in [0.1, 0.15) is 17.5 Å². The van der Waals surface area contributed by atoms with E-state index in [1.165, 1.54) is 5.56 Å². The molecule has 0 aromatic heterocycles. The van der Waals surface area contributed by atoms with Gasteiger partial charge in [0.05, 0.1) is 7.11 Å². The summed E-state index contributed by atoms with van der Waals surface area (Å²) in [5, 5.41) is 6.47. The summed E-state index contributed by atoms with van der Waals surface area (Å²) in [6, 6.07) is 18.0. The minimum absolute atomic E-state index is 0.102. The lowest BCUT2D eigenvalue weighted by Gasteiger charge is -2.18. The first-order chi connectivity index (χ1) is 13.6. The van der Waals surface area contributed by atoms with Crippen molar-refractivity contribution in [3.8, 4) is 5.75 Å². The van der Waals surface area contributed by atoms with E-state index >= 15 is 0 Å². The number of methoxy groups -OCH3 is 1. The van der Waals surface area contributed by atoms with Gasteiger partial charge in [-0.05, 0) is 29.7 Å². The van der Waals surface area contributed by atoms with Crippen molar-refractivity contribution in [2.75, 3.05) is 34.3 Å². The number of aliphatic imine (C=N–C) groups is 1. The first-order valence-corrected chi connectivity index (χ1v) is 9.47. The first-order valence-electron chi connectivity index (χ1n) is 9.47. The lowest BCUT2D eigenvalue weighted by molar-refractivity contribution is -0.130. The topological polar surface area (TPSA) is 66.0 Å². The van der Waals surface area contributed by atoms with Crippen LogP contribution in [0.25, 0.3) is 0 Å². The maximum absolute atomic E-state index is 12.3. The molecule has 6 nitrogen and oxygen atoms in total. The van der Waals surface area contributed by atoms with Crippen LogP contribution < -0.4 is 15.4 Å². The van der Waals surface area contributed by atoms with Crippen LogP contribution in [-0.4, -0.2) is 51.1 Å². The molecule has 0 spiro atoms. The van der Waals surface area contributed by atoms with Gasteiger partial charge in [-0.3, -0.25) is 9.79 Å². The number of nitrogens with one attached hydrogen (secondary N) is 2. The van der Waals surface area contributed by atoms with Gasteiger partial charge in [0.15, 0.2) is 5.96 Å². The Bertz CT molecular complexity index is 745. The standard InChI is InChI=1S/C22H30N4O2/c1-23-22(24-15-13-18-9-11-20(28-3)12-10-18)25-16-14-21(27)26(2)17-19-7-5-4-6-8-19/h4-12H,13-17H2,1-3H3,(H2,23,24,25). The van der Waals surface area contributed by atoms with Gasteiger partial charge in [0.1, 0.15) is 5.75 Å². The molecular formula is C22H30N4O2. The summed E-state index contributed by atoms with van der Waals surface area (Å²) in [5.41, 5.74) is 2.35. The van der Waals surface area contributed by atoms with Crippen LogP contribution in [0.4, 0.5) is 0 Å². The first kappa shape index (κ1) is 21.3. The van der Waals surface area contributed by atoms with Gasteiger partial charge in [0.2, 0.25) is 5.91 Å². The van der Waals surface area contributed by atoms with Crippen molar-refractivity contribution >= 4 is 11.9 Å². The number of guanidine groups is 1. The van der Waals surface area contributed by atoms with Gasteiger partial charge in [-0.25, -0.2) is 0 Å². The van der Waals surface area contributed by atoms with E-state index in [9.17, 15) is 4.79 Å². The van der Waals surface area contributed by atoms with Crippen molar-refractivity contribution in [2.24, 2.45) is 4.99 Å². The zero-order valence-electron chi connectivity index (χ0n) is 16.9. The van der Waals surface area contributed by atoms with Gasteiger partial charge in [-0.15, -0.1) is 0 Å². The van der Waals surface area contributed by atoms with Crippen molar-refractivity contribution in [3.63, 3.8) is 0 Å². The van der Waals surface area contributed by atoms with Crippen LogP contribution in [0, 0.1) is 0 Å². The van der Waals surface area contributed by atoms with Crippen molar-refractivity contribution < 1.29 is 9.53 Å². The average Bonchev–Trinajstić information content (AvgIpc) is 2.73. The van der Waals surface area contributed by atoms with Crippen molar-refractivity contribution in [3.05, 3.63) is 65.7 Å². The zero-order chi connectivity index (χ0) is 20.2. The third-order valence-electron chi connectivity index (χ3n) is 4.41. The van der Waals surface area contributed by atoms with Gasteiger partial charge in [-0.1, -0.05) is 42.5 Å². The van der Waals surface area contributed by atoms with E-state index in [1.807, 2.05) is 49.5 Å². The molecular weight excluding hydrogens is 352 g/mol. The number of benzene rings is 2. The molecule has 28 heavy (non-hydrogen) atoms. The highest BCUT2D eigenvalue weighted by Crippen LogP contribution is 2.11. The summed E-state index contributed by atoms with van der Waals surface area (Å²) < 4.78 is 5.17. The molecule has 0 bridgehead atoms. The second-order valence-electron chi connectivity index (χ2n) is 6.51. The lowest BCUT2D eigenvalue weighted by Crippen LogP contribution is -2.40. The van der Waals surface area contributed by atoms with Crippen LogP contribution in [0.2, 0.25) is 0 Å². The summed E-state index contributed by atoms with van der Waals surface area (Å²) in [7, 11) is 5.22. The number of hydrogen-bond donors (Lipinski definition) is 2. The fourth-order valence-corrected chi connectivity index (χ4v) is 2.76. The number of rotatable bonds is 9. The second-order valence-corrected chi connectivity index (χ2v) is 6.51. The Morgan fingerprint density at radius 1 is 1.00 bits per heavy atom. The highest BCUT2D eigenvalue weighted by Gasteiger charge is 2.09. The van der Waals surface area contributed by atoms with E-state index in [2.05, 4.69) is 27.8 Å². The quantitative estimate of drug-likeness (QED) is 0.516. The maximum Gasteiger partial charge on any atom is 0.224 e. The van der Waals surface area contributed by atoms with Gasteiger partial charge in [0, 0.05) is 40.2 Å². The molecule has 6 heteroatoms. The molecule has 2 aromatic rings. The van der Waals surface area contributed by atoms with Gasteiger partial charge < -0.3 is 20.3 Å². The Morgan fingerprint density at radius 2 is 1.68 bits per heavy atom. The number of hydrogen-bond acceptors (Lipinski definition) is 3. The highest BCUT2D eigenvalue weighted by molar-refractivity contribution is 5.81. The molecule has 0 aliphatic carbocycles. The van der Waals surface area contributed by atoms with Gasteiger partial charge in [0.25, 0.3) is 0 Å². The van der Waals surface area contributed by atoms with Crippen LogP contribution in [-0.2, 0) is 17.8 Å². The minimum Gasteiger partial charge on any atom is -0.497 e. The molecule has 0 aliphatic rings. The largest absolute Gasteiger partial charge is 0.497 e. The van der Waals surface area contributed by atoms with Gasteiger partial charge >= 0.3 is 0 Å². The summed E-state index contributed by atoms with van der Waals surface area (Å²) in [4.78, 5) is 18.2. The number of nitrogens with zero attached hydrogens (tertiary/aromatic N) is 2. The lowest BCUT2D eigenvalue weighted by atomic mass is 10.1. The zero-order valence-corrected chi connectivity index (χ0v) is 16.9. The Labute approximate surface area is 167 Å². The summed E-state index contributed by atoms with van der Waals surface area (Å²) in [5.74, 6) is 1.66. The SMILES string of the molecule is CN=C(NCCC(=O)N(C)Cc1ccccc1)NCCc1ccc(OC)cc1. The summed E-state index contributed by atoms with van der Waals surface area (Å²) in [6.45, 7) is 1.92. The van der Waals surface area contributed by atoms with Crippen LogP contribution in [0.3, 0.4) is 0 Å². The molecule has 0 aliphatic heterocycles. The van der Waals surface area contributed by atoms with Gasteiger partial charge in [-0.2, -0.15) is 0 Å². The molecule has 0 unspecified atom stereocenters.